The van der Waals surface area contributed by atoms with Gasteiger partial charge in [0, 0.05) is 18.2 Å². The van der Waals surface area contributed by atoms with Gasteiger partial charge in [-0.15, -0.1) is 0 Å². The summed E-state index contributed by atoms with van der Waals surface area (Å²) in [6.45, 7) is 6.60. The molecule has 134 valence electrons. The fourth-order valence-corrected chi connectivity index (χ4v) is 4.72. The molecule has 0 bridgehead atoms. The number of rotatable bonds is 7. The molecule has 6 heteroatoms. The first-order valence-electron chi connectivity index (χ1n) is 8.81. The van der Waals surface area contributed by atoms with Crippen LogP contribution in [0.4, 0.5) is 11.4 Å². The maximum Gasteiger partial charge on any atom is 0.235 e. The van der Waals surface area contributed by atoms with Crippen molar-refractivity contribution < 1.29 is 13.2 Å². The van der Waals surface area contributed by atoms with Gasteiger partial charge >= 0.3 is 0 Å². The summed E-state index contributed by atoms with van der Waals surface area (Å²) in [5.41, 5.74) is 2.28. The number of hydrogen-bond acceptors (Lipinski definition) is 3. The Balaban J connectivity index is 2.21. The highest BCUT2D eigenvalue weighted by molar-refractivity contribution is 7.93. The van der Waals surface area contributed by atoms with Gasteiger partial charge in [0.25, 0.3) is 0 Å². The number of anilines is 2. The number of hydrogen-bond donors (Lipinski definition) is 1. The molecule has 24 heavy (non-hydrogen) atoms. The second kappa shape index (κ2) is 8.01. The van der Waals surface area contributed by atoms with Gasteiger partial charge in [-0.05, 0) is 43.9 Å². The predicted molar refractivity (Wildman–Crippen MR) is 98.9 cm³/mol. The lowest BCUT2D eigenvalue weighted by Crippen LogP contribution is -2.26. The number of nitrogens with zero attached hydrogens (tertiary/aromatic N) is 1. The van der Waals surface area contributed by atoms with E-state index in [1.807, 2.05) is 19.1 Å². The lowest BCUT2D eigenvalue weighted by Gasteiger charge is -2.20. The van der Waals surface area contributed by atoms with Crippen LogP contribution in [0.3, 0.4) is 0 Å². The lowest BCUT2D eigenvalue weighted by atomic mass is 9.97. The van der Waals surface area contributed by atoms with E-state index in [1.54, 1.807) is 6.07 Å². The predicted octanol–water partition coefficient (Wildman–Crippen LogP) is 3.69. The SMILES string of the molecule is CCCC(CCC)C(=O)Nc1cc(N2CCCS2(=O)=O)ccc1C. The Hall–Kier alpha value is -1.56. The largest absolute Gasteiger partial charge is 0.326 e. The van der Waals surface area contributed by atoms with E-state index < -0.39 is 10.0 Å². The maximum absolute atomic E-state index is 12.6. The van der Waals surface area contributed by atoms with Crippen LogP contribution in [0.1, 0.15) is 51.5 Å². The zero-order chi connectivity index (χ0) is 17.7. The molecule has 1 aromatic rings. The van der Waals surface area contributed by atoms with E-state index in [0.717, 1.165) is 31.2 Å². The summed E-state index contributed by atoms with van der Waals surface area (Å²) < 4.78 is 25.6. The zero-order valence-electron chi connectivity index (χ0n) is 14.8. The summed E-state index contributed by atoms with van der Waals surface area (Å²) in [4.78, 5) is 12.6. The normalized spacial score (nSPS) is 16.6. The quantitative estimate of drug-likeness (QED) is 0.814. The molecule has 1 heterocycles. The average molecular weight is 353 g/mol. The van der Waals surface area contributed by atoms with Crippen LogP contribution in [0, 0.1) is 12.8 Å². The molecule has 1 aliphatic rings. The Kier molecular flexibility index (Phi) is 6.27. The fraction of sp³-hybridized carbons (Fsp3) is 0.611. The minimum atomic E-state index is -3.21. The number of carbonyl (C=O) groups excluding carboxylic acids is 1. The summed E-state index contributed by atoms with van der Waals surface area (Å²) in [5.74, 6) is 0.235. The number of nitrogens with one attached hydrogen (secondary N) is 1. The van der Waals surface area contributed by atoms with Crippen molar-refractivity contribution in [2.24, 2.45) is 5.92 Å². The van der Waals surface area contributed by atoms with Crippen molar-refractivity contribution in [3.8, 4) is 0 Å². The number of amides is 1. The van der Waals surface area contributed by atoms with Gasteiger partial charge in [-0.2, -0.15) is 0 Å². The number of sulfonamides is 1. The summed E-state index contributed by atoms with van der Waals surface area (Å²) >= 11 is 0. The molecule has 0 saturated carbocycles. The molecule has 1 saturated heterocycles. The topological polar surface area (TPSA) is 66.5 Å². The molecule has 1 aliphatic heterocycles. The fourth-order valence-electron chi connectivity index (χ4n) is 3.17. The zero-order valence-corrected chi connectivity index (χ0v) is 15.7. The Morgan fingerprint density at radius 3 is 2.46 bits per heavy atom. The summed E-state index contributed by atoms with van der Waals surface area (Å²) in [6.07, 6.45) is 4.34. The van der Waals surface area contributed by atoms with Crippen molar-refractivity contribution in [3.05, 3.63) is 23.8 Å². The van der Waals surface area contributed by atoms with Crippen LogP contribution in [0.25, 0.3) is 0 Å². The van der Waals surface area contributed by atoms with Crippen LogP contribution in [0.2, 0.25) is 0 Å². The first-order chi connectivity index (χ1) is 11.4. The molecule has 2 rings (SSSR count). The molecular formula is C18H28N2O3S. The van der Waals surface area contributed by atoms with E-state index >= 15 is 0 Å². The number of benzene rings is 1. The van der Waals surface area contributed by atoms with Crippen molar-refractivity contribution in [1.29, 1.82) is 0 Å². The van der Waals surface area contributed by atoms with E-state index in [4.69, 9.17) is 0 Å². The van der Waals surface area contributed by atoms with Crippen LogP contribution in [0.15, 0.2) is 18.2 Å². The van der Waals surface area contributed by atoms with E-state index in [0.29, 0.717) is 24.3 Å². The highest BCUT2D eigenvalue weighted by Crippen LogP contribution is 2.29. The van der Waals surface area contributed by atoms with E-state index in [9.17, 15) is 13.2 Å². The Labute approximate surface area is 145 Å². The van der Waals surface area contributed by atoms with Crippen molar-refractivity contribution in [2.45, 2.75) is 52.9 Å². The first kappa shape index (κ1) is 18.8. The third kappa shape index (κ3) is 4.29. The molecule has 1 aromatic carbocycles. The molecule has 5 nitrogen and oxygen atoms in total. The lowest BCUT2D eigenvalue weighted by molar-refractivity contribution is -0.120. The third-order valence-electron chi connectivity index (χ3n) is 4.51. The molecule has 1 amide bonds. The Morgan fingerprint density at radius 1 is 1.25 bits per heavy atom. The molecule has 1 N–H and O–H groups in total. The Bertz CT molecular complexity index is 680. The average Bonchev–Trinajstić information content (AvgIpc) is 2.88. The molecule has 0 atom stereocenters. The van der Waals surface area contributed by atoms with Gasteiger partial charge in [-0.25, -0.2) is 8.42 Å². The minimum Gasteiger partial charge on any atom is -0.326 e. The number of carbonyl (C=O) groups is 1. The minimum absolute atomic E-state index is 0.0126. The van der Waals surface area contributed by atoms with Gasteiger partial charge in [-0.3, -0.25) is 9.10 Å². The molecule has 1 fully saturated rings. The molecule has 0 aliphatic carbocycles. The van der Waals surface area contributed by atoms with Crippen molar-refractivity contribution in [1.82, 2.24) is 0 Å². The first-order valence-corrected chi connectivity index (χ1v) is 10.4. The van der Waals surface area contributed by atoms with Gasteiger partial charge in [0.05, 0.1) is 11.4 Å². The maximum atomic E-state index is 12.6. The Morgan fingerprint density at radius 2 is 1.92 bits per heavy atom. The van der Waals surface area contributed by atoms with Crippen LogP contribution in [0.5, 0.6) is 0 Å². The third-order valence-corrected chi connectivity index (χ3v) is 6.38. The smallest absolute Gasteiger partial charge is 0.235 e. The second-order valence-corrected chi connectivity index (χ2v) is 8.52. The van der Waals surface area contributed by atoms with Crippen molar-refractivity contribution in [3.63, 3.8) is 0 Å². The number of aryl methyl sites for hydroxylation is 1. The highest BCUT2D eigenvalue weighted by atomic mass is 32.2. The van der Waals surface area contributed by atoms with Crippen LogP contribution in [-0.4, -0.2) is 26.6 Å². The molecular weight excluding hydrogens is 324 g/mol. The summed E-state index contributed by atoms with van der Waals surface area (Å²) in [5, 5.41) is 3.01. The molecule has 0 aromatic heterocycles. The van der Waals surface area contributed by atoms with Crippen molar-refractivity contribution >= 4 is 27.3 Å². The standard InChI is InChI=1S/C18H28N2O3S/c1-4-7-15(8-5-2)18(21)19-17-13-16(10-9-14(17)3)20-11-6-12-24(20,22)23/h9-10,13,15H,4-8,11-12H2,1-3H3,(H,19,21). The van der Waals surface area contributed by atoms with Crippen LogP contribution < -0.4 is 9.62 Å². The molecule has 0 unspecified atom stereocenters. The monoisotopic (exact) mass is 352 g/mol. The summed E-state index contributed by atoms with van der Waals surface area (Å²) in [6, 6.07) is 5.46. The second-order valence-electron chi connectivity index (χ2n) is 6.50. The van der Waals surface area contributed by atoms with Gasteiger partial charge < -0.3 is 5.32 Å². The van der Waals surface area contributed by atoms with Gasteiger partial charge in [-0.1, -0.05) is 32.8 Å². The molecule has 0 radical (unpaired) electrons. The van der Waals surface area contributed by atoms with Crippen molar-refractivity contribution in [2.75, 3.05) is 21.9 Å². The van der Waals surface area contributed by atoms with Gasteiger partial charge in [0.1, 0.15) is 0 Å². The molecule has 0 spiro atoms. The van der Waals surface area contributed by atoms with Crippen LogP contribution >= 0.6 is 0 Å². The van der Waals surface area contributed by atoms with Gasteiger partial charge in [0.15, 0.2) is 0 Å². The van der Waals surface area contributed by atoms with Crippen LogP contribution in [-0.2, 0) is 14.8 Å². The van der Waals surface area contributed by atoms with E-state index in [-0.39, 0.29) is 17.6 Å². The highest BCUT2D eigenvalue weighted by Gasteiger charge is 2.29. The van der Waals surface area contributed by atoms with E-state index in [2.05, 4.69) is 19.2 Å². The van der Waals surface area contributed by atoms with E-state index in [1.165, 1.54) is 4.31 Å². The van der Waals surface area contributed by atoms with Gasteiger partial charge in [0.2, 0.25) is 15.9 Å². The summed E-state index contributed by atoms with van der Waals surface area (Å²) in [7, 11) is -3.21.